The molecule has 1 heterocycles. The van der Waals surface area contributed by atoms with Crippen LogP contribution in [0.25, 0.3) is 0 Å². The molecule has 0 unspecified atom stereocenters. The highest BCUT2D eigenvalue weighted by Crippen LogP contribution is 2.26. The van der Waals surface area contributed by atoms with E-state index in [1.54, 1.807) is 0 Å². The number of aromatic nitrogens is 1. The predicted molar refractivity (Wildman–Crippen MR) is 77.8 cm³/mol. The number of carboxylic acid groups (broad SMARTS) is 1. The zero-order chi connectivity index (χ0) is 14.0. The van der Waals surface area contributed by atoms with Gasteiger partial charge in [-0.15, -0.1) is 0 Å². The number of hydrogen-bond acceptors (Lipinski definition) is 4. The average Bonchev–Trinajstić information content (AvgIpc) is 2.30. The zero-order valence-corrected chi connectivity index (χ0v) is 11.7. The van der Waals surface area contributed by atoms with Crippen molar-refractivity contribution in [1.29, 1.82) is 0 Å². The molecule has 98 valence electrons. The number of nitrogens with zero attached hydrogens (tertiary/aromatic N) is 1. The second-order valence-corrected chi connectivity index (χ2v) is 4.98. The quantitative estimate of drug-likeness (QED) is 0.808. The first-order valence-electron chi connectivity index (χ1n) is 5.49. The highest BCUT2D eigenvalue weighted by atomic mass is 79.9. The van der Waals surface area contributed by atoms with Gasteiger partial charge in [0.1, 0.15) is 0 Å². The molecule has 6 heteroatoms. The Morgan fingerprint density at radius 3 is 2.79 bits per heavy atom. The van der Waals surface area contributed by atoms with Gasteiger partial charge in [-0.1, -0.05) is 15.9 Å². The van der Waals surface area contributed by atoms with Crippen molar-refractivity contribution >= 4 is 39.1 Å². The van der Waals surface area contributed by atoms with Crippen molar-refractivity contribution in [2.24, 2.45) is 0 Å². The van der Waals surface area contributed by atoms with Gasteiger partial charge >= 0.3 is 5.97 Å². The van der Waals surface area contributed by atoms with E-state index in [4.69, 9.17) is 10.8 Å². The number of aryl methyl sites for hydroxylation is 1. The summed E-state index contributed by atoms with van der Waals surface area (Å²) in [5, 5.41) is 12.0. The molecule has 0 spiro atoms. The monoisotopic (exact) mass is 321 g/mol. The van der Waals surface area contributed by atoms with Crippen molar-refractivity contribution in [3.63, 3.8) is 0 Å². The van der Waals surface area contributed by atoms with E-state index in [-0.39, 0.29) is 11.3 Å². The van der Waals surface area contributed by atoms with Crippen LogP contribution in [0.4, 0.5) is 17.2 Å². The van der Waals surface area contributed by atoms with Crippen LogP contribution in [0.5, 0.6) is 0 Å². The first-order valence-corrected chi connectivity index (χ1v) is 6.28. The third kappa shape index (κ3) is 3.03. The number of aromatic carboxylic acids is 1. The Balaban J connectivity index is 2.38. The molecule has 0 radical (unpaired) electrons. The summed E-state index contributed by atoms with van der Waals surface area (Å²) in [7, 11) is 0. The lowest BCUT2D eigenvalue weighted by molar-refractivity contribution is 0.0698. The van der Waals surface area contributed by atoms with Crippen LogP contribution >= 0.6 is 15.9 Å². The maximum Gasteiger partial charge on any atom is 0.337 e. The number of rotatable bonds is 3. The van der Waals surface area contributed by atoms with E-state index in [0.717, 1.165) is 15.7 Å². The summed E-state index contributed by atoms with van der Waals surface area (Å²) in [5.74, 6) is -0.745. The molecular weight excluding hydrogens is 310 g/mol. The molecule has 2 aromatic rings. The first kappa shape index (κ1) is 13.4. The average molecular weight is 322 g/mol. The number of hydrogen-bond donors (Lipinski definition) is 3. The minimum absolute atomic E-state index is 0.0317. The molecule has 5 nitrogen and oxygen atoms in total. The van der Waals surface area contributed by atoms with Gasteiger partial charge in [0.15, 0.2) is 5.82 Å². The number of halogens is 1. The van der Waals surface area contributed by atoms with Crippen molar-refractivity contribution in [2.45, 2.75) is 6.92 Å². The molecule has 0 aliphatic carbocycles. The summed E-state index contributed by atoms with van der Waals surface area (Å²) < 4.78 is 0.919. The lowest BCUT2D eigenvalue weighted by Crippen LogP contribution is -2.07. The molecule has 0 aliphatic rings. The molecule has 4 N–H and O–H groups in total. The number of nitrogen functional groups attached to an aromatic ring is 1. The van der Waals surface area contributed by atoms with Gasteiger partial charge in [0.2, 0.25) is 0 Å². The number of carbonyl (C=O) groups is 1. The summed E-state index contributed by atoms with van der Waals surface area (Å²) in [6, 6.07) is 7.12. The molecule has 2 rings (SSSR count). The van der Waals surface area contributed by atoms with Crippen molar-refractivity contribution in [3.05, 3.63) is 46.1 Å². The van der Waals surface area contributed by atoms with Crippen LogP contribution in [0.3, 0.4) is 0 Å². The molecule has 0 amide bonds. The van der Waals surface area contributed by atoms with E-state index in [0.29, 0.717) is 5.82 Å². The molecule has 0 fully saturated rings. The second kappa shape index (κ2) is 5.27. The maximum atomic E-state index is 11.0. The third-order valence-electron chi connectivity index (χ3n) is 2.53. The topological polar surface area (TPSA) is 88.2 Å². The molecular formula is C13H12BrN3O2. The predicted octanol–water partition coefficient (Wildman–Crippen LogP) is 3.18. The van der Waals surface area contributed by atoms with Crippen LogP contribution in [0.1, 0.15) is 15.9 Å². The van der Waals surface area contributed by atoms with E-state index < -0.39 is 5.97 Å². The van der Waals surface area contributed by atoms with Crippen molar-refractivity contribution in [1.82, 2.24) is 4.98 Å². The largest absolute Gasteiger partial charge is 0.478 e. The van der Waals surface area contributed by atoms with Gasteiger partial charge in [0, 0.05) is 16.4 Å². The highest BCUT2D eigenvalue weighted by Gasteiger charge is 2.12. The van der Waals surface area contributed by atoms with Crippen LogP contribution in [0.2, 0.25) is 0 Å². The molecule has 1 aromatic heterocycles. The van der Waals surface area contributed by atoms with Gasteiger partial charge < -0.3 is 16.2 Å². The summed E-state index contributed by atoms with van der Waals surface area (Å²) in [6.07, 6.45) is 1.41. The summed E-state index contributed by atoms with van der Waals surface area (Å²) in [4.78, 5) is 15.1. The number of benzene rings is 1. The summed E-state index contributed by atoms with van der Waals surface area (Å²) in [6.45, 7) is 1.96. The Hall–Kier alpha value is -2.08. The van der Waals surface area contributed by atoms with Gasteiger partial charge in [0.05, 0.1) is 11.3 Å². The molecule has 0 bridgehead atoms. The van der Waals surface area contributed by atoms with Crippen LogP contribution < -0.4 is 11.1 Å². The smallest absolute Gasteiger partial charge is 0.337 e. The lowest BCUT2D eigenvalue weighted by Gasteiger charge is -2.11. The zero-order valence-electron chi connectivity index (χ0n) is 10.1. The standard InChI is InChI=1S/C13H12BrN3O2/c1-7-4-8(14)6-9(5-7)17-12-11(15)10(13(18)19)2-3-16-12/h2-6H,15H2,1H3,(H,16,17)(H,18,19). The maximum absolute atomic E-state index is 11.0. The van der Waals surface area contributed by atoms with Gasteiger partial charge in [-0.2, -0.15) is 0 Å². The molecule has 0 saturated carbocycles. The fraction of sp³-hybridized carbons (Fsp3) is 0.0769. The van der Waals surface area contributed by atoms with Crippen molar-refractivity contribution in [2.75, 3.05) is 11.1 Å². The Morgan fingerprint density at radius 1 is 1.42 bits per heavy atom. The summed E-state index contributed by atoms with van der Waals surface area (Å²) >= 11 is 3.40. The van der Waals surface area contributed by atoms with Crippen LogP contribution in [0, 0.1) is 6.92 Å². The normalized spacial score (nSPS) is 10.2. The fourth-order valence-electron chi connectivity index (χ4n) is 1.70. The number of pyridine rings is 1. The molecule has 0 atom stereocenters. The highest BCUT2D eigenvalue weighted by molar-refractivity contribution is 9.10. The van der Waals surface area contributed by atoms with E-state index >= 15 is 0 Å². The number of nitrogens with one attached hydrogen (secondary N) is 1. The van der Waals surface area contributed by atoms with Crippen molar-refractivity contribution in [3.8, 4) is 0 Å². The Bertz CT molecular complexity index is 624. The van der Waals surface area contributed by atoms with Crippen LogP contribution in [0.15, 0.2) is 34.9 Å². The Morgan fingerprint density at radius 2 is 2.16 bits per heavy atom. The third-order valence-corrected chi connectivity index (χ3v) is 2.98. The lowest BCUT2D eigenvalue weighted by atomic mass is 10.2. The minimum atomic E-state index is -1.08. The first-order chi connectivity index (χ1) is 8.97. The molecule has 1 aromatic carbocycles. The van der Waals surface area contributed by atoms with Crippen molar-refractivity contribution < 1.29 is 9.90 Å². The van der Waals surface area contributed by atoms with Crippen LogP contribution in [-0.4, -0.2) is 16.1 Å². The van der Waals surface area contributed by atoms with Gasteiger partial charge in [-0.25, -0.2) is 9.78 Å². The Labute approximate surface area is 118 Å². The van der Waals surface area contributed by atoms with Crippen LogP contribution in [-0.2, 0) is 0 Å². The van der Waals surface area contributed by atoms with Gasteiger partial charge in [0.25, 0.3) is 0 Å². The minimum Gasteiger partial charge on any atom is -0.478 e. The van der Waals surface area contributed by atoms with E-state index in [9.17, 15) is 4.79 Å². The molecule has 0 aliphatic heterocycles. The fourth-order valence-corrected chi connectivity index (χ4v) is 2.31. The number of anilines is 3. The summed E-state index contributed by atoms with van der Waals surface area (Å²) in [5.41, 5.74) is 7.79. The SMILES string of the molecule is Cc1cc(Br)cc(Nc2nccc(C(=O)O)c2N)c1. The Kier molecular flexibility index (Phi) is 3.71. The van der Waals surface area contributed by atoms with E-state index in [1.807, 2.05) is 25.1 Å². The van der Waals surface area contributed by atoms with E-state index in [1.165, 1.54) is 12.3 Å². The molecule has 0 saturated heterocycles. The van der Waals surface area contributed by atoms with E-state index in [2.05, 4.69) is 26.2 Å². The number of nitrogens with two attached hydrogens (primary N) is 1. The van der Waals surface area contributed by atoms with Gasteiger partial charge in [-0.05, 0) is 36.8 Å². The molecule has 19 heavy (non-hydrogen) atoms. The van der Waals surface area contributed by atoms with Gasteiger partial charge in [-0.3, -0.25) is 0 Å². The number of carboxylic acids is 1. The second-order valence-electron chi connectivity index (χ2n) is 4.07.